The lowest BCUT2D eigenvalue weighted by molar-refractivity contribution is -0.0317. The average molecular weight is 342 g/mol. The van der Waals surface area contributed by atoms with Crippen molar-refractivity contribution >= 4 is 11.8 Å². The fourth-order valence-electron chi connectivity index (χ4n) is 3.02. The number of hydrogen-bond acceptors (Lipinski definition) is 5. The number of aliphatic hydroxyl groups is 1. The third-order valence-electron chi connectivity index (χ3n) is 4.25. The average Bonchev–Trinajstić information content (AvgIpc) is 2.53. The van der Waals surface area contributed by atoms with E-state index in [9.17, 15) is 9.90 Å². The molecule has 0 atom stereocenters. The van der Waals surface area contributed by atoms with Crippen LogP contribution in [0.5, 0.6) is 11.5 Å². The van der Waals surface area contributed by atoms with Crippen LogP contribution in [0.2, 0.25) is 0 Å². The molecule has 7 nitrogen and oxygen atoms in total. The molecule has 25 heavy (non-hydrogen) atoms. The third kappa shape index (κ3) is 4.06. The van der Waals surface area contributed by atoms with Gasteiger partial charge in [0.15, 0.2) is 0 Å². The quantitative estimate of drug-likeness (QED) is 0.794. The molecule has 3 rings (SSSR count). The van der Waals surface area contributed by atoms with Gasteiger partial charge in [0.1, 0.15) is 17.3 Å². The summed E-state index contributed by atoms with van der Waals surface area (Å²) in [6.07, 6.45) is 6.39. The molecule has 1 saturated carbocycles. The zero-order valence-corrected chi connectivity index (χ0v) is 14.5. The van der Waals surface area contributed by atoms with Crippen molar-refractivity contribution in [3.63, 3.8) is 0 Å². The second kappa shape index (κ2) is 6.68. The lowest BCUT2D eigenvalue weighted by atomic mass is 9.69. The van der Waals surface area contributed by atoms with Gasteiger partial charge in [-0.15, -0.1) is 0 Å². The monoisotopic (exact) mass is 342 g/mol. The first-order valence-corrected chi connectivity index (χ1v) is 8.17. The highest BCUT2D eigenvalue weighted by Gasteiger charge is 2.40. The Hall–Kier alpha value is -2.67. The number of aromatic nitrogens is 2. The maximum absolute atomic E-state index is 11.5. The molecule has 0 aliphatic heterocycles. The molecular formula is C18H22N4O3. The normalized spacial score (nSPS) is 22.0. The number of anilines is 1. The van der Waals surface area contributed by atoms with Crippen molar-refractivity contribution in [1.29, 1.82) is 0 Å². The number of ether oxygens (including phenoxy) is 1. The standard InChI is InChI=1S/C18H22N4O3/c1-11-4-13(9-20-8-11)25-15-5-16(22-17(23)19-3)21-10-14(15)12-6-18(2,24)7-12/h4-5,8-10,12,24H,6-7H2,1-3H3,(H2,19,21,22,23). The summed E-state index contributed by atoms with van der Waals surface area (Å²) in [4.78, 5) is 19.9. The predicted molar refractivity (Wildman–Crippen MR) is 94.0 cm³/mol. The highest BCUT2D eigenvalue weighted by atomic mass is 16.5. The first-order valence-electron chi connectivity index (χ1n) is 8.17. The van der Waals surface area contributed by atoms with Gasteiger partial charge in [0, 0.05) is 31.1 Å². The zero-order chi connectivity index (χ0) is 18.0. The largest absolute Gasteiger partial charge is 0.455 e. The Morgan fingerprint density at radius 1 is 1.32 bits per heavy atom. The summed E-state index contributed by atoms with van der Waals surface area (Å²) in [6, 6.07) is 3.23. The second-order valence-electron chi connectivity index (χ2n) is 6.71. The van der Waals surface area contributed by atoms with Gasteiger partial charge in [0.25, 0.3) is 0 Å². The van der Waals surface area contributed by atoms with Crippen LogP contribution < -0.4 is 15.4 Å². The van der Waals surface area contributed by atoms with Crippen molar-refractivity contribution in [3.8, 4) is 11.5 Å². The summed E-state index contributed by atoms with van der Waals surface area (Å²) in [5, 5.41) is 15.2. The van der Waals surface area contributed by atoms with Gasteiger partial charge >= 0.3 is 6.03 Å². The summed E-state index contributed by atoms with van der Waals surface area (Å²) in [5.74, 6) is 1.79. The first-order chi connectivity index (χ1) is 11.9. The Labute approximate surface area is 146 Å². The minimum Gasteiger partial charge on any atom is -0.455 e. The zero-order valence-electron chi connectivity index (χ0n) is 14.5. The number of urea groups is 1. The topological polar surface area (TPSA) is 96.4 Å². The van der Waals surface area contributed by atoms with Gasteiger partial charge in [-0.25, -0.2) is 9.78 Å². The van der Waals surface area contributed by atoms with Crippen LogP contribution in [0.25, 0.3) is 0 Å². The highest BCUT2D eigenvalue weighted by Crippen LogP contribution is 2.47. The van der Waals surface area contributed by atoms with Crippen LogP contribution in [-0.2, 0) is 0 Å². The molecule has 2 aromatic heterocycles. The van der Waals surface area contributed by atoms with Crippen molar-refractivity contribution < 1.29 is 14.6 Å². The smallest absolute Gasteiger partial charge is 0.320 e. The van der Waals surface area contributed by atoms with Crippen molar-refractivity contribution in [3.05, 3.63) is 41.9 Å². The minimum absolute atomic E-state index is 0.171. The van der Waals surface area contributed by atoms with Crippen LogP contribution >= 0.6 is 0 Å². The highest BCUT2D eigenvalue weighted by molar-refractivity contribution is 5.88. The lowest BCUT2D eigenvalue weighted by Gasteiger charge is -2.41. The van der Waals surface area contributed by atoms with Gasteiger partial charge in [-0.05, 0) is 44.2 Å². The number of carbonyl (C=O) groups excluding carboxylic acids is 1. The van der Waals surface area contributed by atoms with Crippen LogP contribution in [0.1, 0.15) is 36.8 Å². The van der Waals surface area contributed by atoms with E-state index in [0.717, 1.165) is 11.1 Å². The van der Waals surface area contributed by atoms with Gasteiger partial charge in [0.05, 0.1) is 11.8 Å². The first kappa shape index (κ1) is 17.2. The molecule has 0 radical (unpaired) electrons. The lowest BCUT2D eigenvalue weighted by Crippen LogP contribution is -2.39. The summed E-state index contributed by atoms with van der Waals surface area (Å²) in [6.45, 7) is 3.76. The summed E-state index contributed by atoms with van der Waals surface area (Å²) in [5.41, 5.74) is 1.25. The van der Waals surface area contributed by atoms with Gasteiger partial charge in [0.2, 0.25) is 0 Å². The molecule has 1 aliphatic rings. The van der Waals surface area contributed by atoms with Crippen molar-refractivity contribution in [2.45, 2.75) is 38.2 Å². The molecule has 132 valence electrons. The number of nitrogens with one attached hydrogen (secondary N) is 2. The Morgan fingerprint density at radius 2 is 2.08 bits per heavy atom. The summed E-state index contributed by atoms with van der Waals surface area (Å²) >= 11 is 0. The number of aryl methyl sites for hydroxylation is 1. The van der Waals surface area contributed by atoms with Gasteiger partial charge < -0.3 is 15.2 Å². The van der Waals surface area contributed by atoms with Crippen LogP contribution in [0.15, 0.2) is 30.7 Å². The summed E-state index contributed by atoms with van der Waals surface area (Å²) in [7, 11) is 1.54. The van der Waals surface area contributed by atoms with E-state index in [4.69, 9.17) is 4.74 Å². The van der Waals surface area contributed by atoms with Crippen molar-refractivity contribution in [2.75, 3.05) is 12.4 Å². The fraction of sp³-hybridized carbons (Fsp3) is 0.389. The molecule has 2 aromatic rings. The maximum atomic E-state index is 11.5. The molecule has 1 aliphatic carbocycles. The molecule has 0 spiro atoms. The molecule has 0 saturated heterocycles. The van der Waals surface area contributed by atoms with Crippen LogP contribution in [-0.4, -0.2) is 33.8 Å². The van der Waals surface area contributed by atoms with E-state index in [1.807, 2.05) is 19.9 Å². The SMILES string of the molecule is CNC(=O)Nc1cc(Oc2cncc(C)c2)c(C2CC(C)(O)C2)cn1. The minimum atomic E-state index is -0.647. The van der Waals surface area contributed by atoms with E-state index in [1.165, 1.54) is 7.05 Å². The van der Waals surface area contributed by atoms with Crippen LogP contribution in [0.3, 0.4) is 0 Å². The predicted octanol–water partition coefficient (Wildman–Crippen LogP) is 2.96. The van der Waals surface area contributed by atoms with Crippen molar-refractivity contribution in [2.24, 2.45) is 0 Å². The molecule has 7 heteroatoms. The Bertz CT molecular complexity index is 784. The molecule has 2 amide bonds. The fourth-order valence-corrected chi connectivity index (χ4v) is 3.02. The Kier molecular flexibility index (Phi) is 4.59. The Balaban J connectivity index is 1.90. The number of rotatable bonds is 4. The van der Waals surface area contributed by atoms with Crippen LogP contribution in [0, 0.1) is 6.92 Å². The third-order valence-corrected chi connectivity index (χ3v) is 4.25. The molecule has 0 aromatic carbocycles. The number of nitrogens with zero attached hydrogens (tertiary/aromatic N) is 2. The van der Waals surface area contributed by atoms with E-state index in [1.54, 1.807) is 24.7 Å². The van der Waals surface area contributed by atoms with E-state index in [-0.39, 0.29) is 11.9 Å². The molecule has 0 unspecified atom stereocenters. The van der Waals surface area contributed by atoms with E-state index < -0.39 is 5.60 Å². The number of hydrogen-bond donors (Lipinski definition) is 3. The molecule has 0 bridgehead atoms. The Morgan fingerprint density at radius 3 is 2.72 bits per heavy atom. The summed E-state index contributed by atoms with van der Waals surface area (Å²) < 4.78 is 6.02. The van der Waals surface area contributed by atoms with Crippen molar-refractivity contribution in [1.82, 2.24) is 15.3 Å². The molecule has 2 heterocycles. The number of pyridine rings is 2. The molecular weight excluding hydrogens is 320 g/mol. The maximum Gasteiger partial charge on any atom is 0.320 e. The number of carbonyl (C=O) groups is 1. The molecule has 3 N–H and O–H groups in total. The number of amides is 2. The van der Waals surface area contributed by atoms with Gasteiger partial charge in [-0.1, -0.05) is 0 Å². The molecule has 1 fully saturated rings. The van der Waals surface area contributed by atoms with E-state index in [2.05, 4.69) is 20.6 Å². The van der Waals surface area contributed by atoms with Gasteiger partial charge in [-0.3, -0.25) is 10.3 Å². The second-order valence-corrected chi connectivity index (χ2v) is 6.71. The van der Waals surface area contributed by atoms with E-state index >= 15 is 0 Å². The van der Waals surface area contributed by atoms with E-state index in [0.29, 0.717) is 30.2 Å². The van der Waals surface area contributed by atoms with Gasteiger partial charge in [-0.2, -0.15) is 0 Å². The van der Waals surface area contributed by atoms with Crippen LogP contribution in [0.4, 0.5) is 10.6 Å².